The van der Waals surface area contributed by atoms with Gasteiger partial charge in [-0.1, -0.05) is 20.3 Å². The van der Waals surface area contributed by atoms with E-state index in [1.54, 1.807) is 4.90 Å². The molecule has 0 fully saturated rings. The molecule has 1 aromatic heterocycles. The molecule has 0 bridgehead atoms. The van der Waals surface area contributed by atoms with Gasteiger partial charge in [0, 0.05) is 25.7 Å². The third-order valence-corrected chi connectivity index (χ3v) is 5.59. The normalized spacial score (nSPS) is 13.2. The minimum absolute atomic E-state index is 0.0719. The maximum atomic E-state index is 14.6. The van der Waals surface area contributed by atoms with Crippen molar-refractivity contribution in [3.63, 3.8) is 0 Å². The van der Waals surface area contributed by atoms with Crippen LogP contribution in [0.2, 0.25) is 0 Å². The summed E-state index contributed by atoms with van der Waals surface area (Å²) in [7, 11) is 0. The zero-order valence-electron chi connectivity index (χ0n) is 18.4. The van der Waals surface area contributed by atoms with Crippen LogP contribution in [0.1, 0.15) is 45.1 Å². The van der Waals surface area contributed by atoms with Crippen LogP contribution in [-0.4, -0.2) is 35.1 Å². The van der Waals surface area contributed by atoms with E-state index in [1.807, 2.05) is 13.8 Å². The van der Waals surface area contributed by atoms with Crippen molar-refractivity contribution < 1.29 is 13.6 Å². The van der Waals surface area contributed by atoms with Crippen LogP contribution in [0.15, 0.2) is 21.7 Å². The largest absolute Gasteiger partial charge is 0.383 e. The number of fused-ring (bicyclic) bond motifs is 1. The Balaban J connectivity index is 1.99. The van der Waals surface area contributed by atoms with Gasteiger partial charge in [-0.05, 0) is 37.3 Å². The number of rotatable bonds is 8. The summed E-state index contributed by atoms with van der Waals surface area (Å²) in [5, 5.41) is 0. The maximum absolute atomic E-state index is 14.6. The second-order valence-electron chi connectivity index (χ2n) is 7.96. The van der Waals surface area contributed by atoms with Gasteiger partial charge in [-0.3, -0.25) is 19.1 Å². The minimum Gasteiger partial charge on any atom is -0.383 e. The van der Waals surface area contributed by atoms with Crippen molar-refractivity contribution in [2.45, 2.75) is 52.5 Å². The Labute approximate surface area is 184 Å². The summed E-state index contributed by atoms with van der Waals surface area (Å²) in [5.41, 5.74) is 5.44. The van der Waals surface area contributed by atoms with E-state index in [0.29, 0.717) is 44.3 Å². The number of anilines is 3. The van der Waals surface area contributed by atoms with E-state index in [1.165, 1.54) is 15.5 Å². The molecule has 2 heterocycles. The highest BCUT2D eigenvalue weighted by Crippen LogP contribution is 2.31. The number of aryl methyl sites for hydroxylation is 1. The number of aromatic nitrogens is 2. The van der Waals surface area contributed by atoms with Crippen LogP contribution in [0, 0.1) is 11.6 Å². The number of nitrogens with one attached hydrogen (secondary N) is 1. The third kappa shape index (κ3) is 4.68. The topological polar surface area (TPSA) is 104 Å². The first-order valence-corrected chi connectivity index (χ1v) is 10.9. The van der Waals surface area contributed by atoms with Crippen molar-refractivity contribution >= 4 is 23.1 Å². The molecule has 1 amide bonds. The van der Waals surface area contributed by atoms with Gasteiger partial charge in [0.05, 0.1) is 12.2 Å². The molecule has 8 nitrogen and oxygen atoms in total. The Morgan fingerprint density at radius 1 is 1.22 bits per heavy atom. The van der Waals surface area contributed by atoms with Crippen LogP contribution in [0.4, 0.5) is 26.0 Å². The number of halogens is 2. The van der Waals surface area contributed by atoms with Gasteiger partial charge in [0.25, 0.3) is 5.56 Å². The molecule has 174 valence electrons. The van der Waals surface area contributed by atoms with E-state index < -0.39 is 28.8 Å². The average Bonchev–Trinajstić information content (AvgIpc) is 2.72. The molecule has 2 aromatic rings. The lowest BCUT2D eigenvalue weighted by atomic mass is 10.0. The number of hydrogen-bond donors (Lipinski definition) is 2. The zero-order chi connectivity index (χ0) is 23.4. The standard InChI is InChI=1S/C22H29F2N5O3/c1-3-5-10-28(19-20(25)29(8-4-2)22(32)26-21(19)31)17(30)13-27-9-6-7-14-11-15(23)12-16(24)18(14)27/h11-12H,3-10,13,25H2,1-2H3,(H,26,31,32). The Bertz CT molecular complexity index is 1110. The Hall–Kier alpha value is -3.17. The number of amides is 1. The highest BCUT2D eigenvalue weighted by Gasteiger charge is 2.28. The number of H-pyrrole nitrogens is 1. The third-order valence-electron chi connectivity index (χ3n) is 5.59. The van der Waals surface area contributed by atoms with Crippen LogP contribution < -0.4 is 26.8 Å². The van der Waals surface area contributed by atoms with Crippen LogP contribution in [0.3, 0.4) is 0 Å². The zero-order valence-corrected chi connectivity index (χ0v) is 18.4. The molecule has 0 saturated heterocycles. The van der Waals surface area contributed by atoms with E-state index in [9.17, 15) is 23.2 Å². The molecule has 0 saturated carbocycles. The highest BCUT2D eigenvalue weighted by atomic mass is 19.1. The van der Waals surface area contributed by atoms with Crippen molar-refractivity contribution in [3.8, 4) is 0 Å². The van der Waals surface area contributed by atoms with E-state index in [4.69, 9.17) is 5.73 Å². The molecule has 1 aliphatic heterocycles. The molecule has 10 heteroatoms. The van der Waals surface area contributed by atoms with Crippen molar-refractivity contribution in [3.05, 3.63) is 50.2 Å². The van der Waals surface area contributed by atoms with Crippen LogP contribution in [0.5, 0.6) is 0 Å². The molecule has 0 aliphatic carbocycles. The first kappa shape index (κ1) is 23.5. The van der Waals surface area contributed by atoms with E-state index >= 15 is 0 Å². The molecular weight excluding hydrogens is 420 g/mol. The summed E-state index contributed by atoms with van der Waals surface area (Å²) in [6, 6.07) is 2.09. The Morgan fingerprint density at radius 2 is 1.97 bits per heavy atom. The number of carbonyl (C=O) groups is 1. The van der Waals surface area contributed by atoms with E-state index in [0.717, 1.165) is 12.5 Å². The Kier molecular flexibility index (Phi) is 7.32. The highest BCUT2D eigenvalue weighted by molar-refractivity contribution is 5.98. The summed E-state index contributed by atoms with van der Waals surface area (Å²) < 4.78 is 29.4. The van der Waals surface area contributed by atoms with Crippen molar-refractivity contribution in [2.24, 2.45) is 0 Å². The van der Waals surface area contributed by atoms with Gasteiger partial charge in [-0.15, -0.1) is 0 Å². The molecule has 0 atom stereocenters. The number of nitrogens with two attached hydrogens (primary N) is 1. The summed E-state index contributed by atoms with van der Waals surface area (Å²) in [6.07, 6.45) is 3.13. The molecule has 0 spiro atoms. The minimum atomic E-state index is -0.739. The Morgan fingerprint density at radius 3 is 2.66 bits per heavy atom. The number of nitrogen functional groups attached to an aromatic ring is 1. The molecule has 3 N–H and O–H groups in total. The van der Waals surface area contributed by atoms with Gasteiger partial charge in [0.2, 0.25) is 5.91 Å². The lowest BCUT2D eigenvalue weighted by molar-refractivity contribution is -0.117. The van der Waals surface area contributed by atoms with E-state index in [-0.39, 0.29) is 30.3 Å². The summed E-state index contributed by atoms with van der Waals surface area (Å²) in [4.78, 5) is 43.3. The first-order chi connectivity index (χ1) is 15.3. The van der Waals surface area contributed by atoms with Crippen LogP contribution >= 0.6 is 0 Å². The lowest BCUT2D eigenvalue weighted by Gasteiger charge is -2.33. The van der Waals surface area contributed by atoms with Crippen LogP contribution in [-0.2, 0) is 17.8 Å². The quantitative estimate of drug-likeness (QED) is 0.644. The monoisotopic (exact) mass is 449 g/mol. The first-order valence-electron chi connectivity index (χ1n) is 10.9. The summed E-state index contributed by atoms with van der Waals surface area (Å²) >= 11 is 0. The second kappa shape index (κ2) is 9.97. The fourth-order valence-electron chi connectivity index (χ4n) is 4.10. The fourth-order valence-corrected chi connectivity index (χ4v) is 4.10. The molecule has 1 aliphatic rings. The predicted molar refractivity (Wildman–Crippen MR) is 120 cm³/mol. The number of unbranched alkanes of at least 4 members (excludes halogenated alkanes) is 1. The van der Waals surface area contributed by atoms with Crippen LogP contribution in [0.25, 0.3) is 0 Å². The number of nitrogens with zero attached hydrogens (tertiary/aromatic N) is 3. The van der Waals surface area contributed by atoms with Crippen molar-refractivity contribution in [1.82, 2.24) is 9.55 Å². The van der Waals surface area contributed by atoms with Gasteiger partial charge in [-0.2, -0.15) is 0 Å². The average molecular weight is 450 g/mol. The van der Waals surface area contributed by atoms with Crippen molar-refractivity contribution in [2.75, 3.05) is 35.2 Å². The SMILES string of the molecule is CCCCN(C(=O)CN1CCCc2cc(F)cc(F)c21)c1c(N)n(CCC)c(=O)[nH]c1=O. The van der Waals surface area contributed by atoms with Gasteiger partial charge >= 0.3 is 5.69 Å². The number of carbonyl (C=O) groups excluding carboxylic acids is 1. The maximum Gasteiger partial charge on any atom is 0.330 e. The smallest absolute Gasteiger partial charge is 0.330 e. The fraction of sp³-hybridized carbons (Fsp3) is 0.500. The molecular formula is C22H29F2N5O3. The molecule has 0 unspecified atom stereocenters. The summed E-state index contributed by atoms with van der Waals surface area (Å²) in [5.74, 6) is -1.90. The number of aromatic amines is 1. The van der Waals surface area contributed by atoms with E-state index in [2.05, 4.69) is 4.98 Å². The van der Waals surface area contributed by atoms with Gasteiger partial charge in [-0.25, -0.2) is 13.6 Å². The summed E-state index contributed by atoms with van der Waals surface area (Å²) in [6.45, 7) is 4.54. The lowest BCUT2D eigenvalue weighted by Crippen LogP contribution is -2.46. The molecule has 0 radical (unpaired) electrons. The molecule has 3 rings (SSSR count). The van der Waals surface area contributed by atoms with Gasteiger partial charge in [0.15, 0.2) is 5.69 Å². The molecule has 1 aromatic carbocycles. The number of hydrogen-bond acceptors (Lipinski definition) is 5. The molecule has 32 heavy (non-hydrogen) atoms. The van der Waals surface area contributed by atoms with Crippen molar-refractivity contribution in [1.29, 1.82) is 0 Å². The number of benzene rings is 1. The second-order valence-corrected chi connectivity index (χ2v) is 7.96. The van der Waals surface area contributed by atoms with Gasteiger partial charge in [0.1, 0.15) is 17.5 Å². The van der Waals surface area contributed by atoms with Gasteiger partial charge < -0.3 is 15.5 Å². The predicted octanol–water partition coefficient (Wildman–Crippen LogP) is 2.39.